The SMILES string of the molecule is FC1(F)CCN(Cc2cncc(-c3ccc4n[nH]c(C5Nc6cncc(-c7ccccn7)c6N5)c4c3)c2)C1. The van der Waals surface area contributed by atoms with Crippen molar-refractivity contribution in [3.05, 3.63) is 84.7 Å². The number of likely N-dealkylation sites (tertiary alicyclic amines) is 1. The fourth-order valence-electron chi connectivity index (χ4n) is 5.28. The molecule has 1 aromatic carbocycles. The van der Waals surface area contributed by atoms with Crippen molar-refractivity contribution in [1.29, 1.82) is 0 Å². The quantitative estimate of drug-likeness (QED) is 0.289. The first kappa shape index (κ1) is 22.7. The van der Waals surface area contributed by atoms with Crippen LogP contribution in [0.25, 0.3) is 33.3 Å². The molecule has 6 heterocycles. The maximum atomic E-state index is 13.6. The summed E-state index contributed by atoms with van der Waals surface area (Å²) < 4.78 is 27.3. The third kappa shape index (κ3) is 4.12. The molecular formula is C28H24F2N8. The van der Waals surface area contributed by atoms with Gasteiger partial charge in [-0.3, -0.25) is 25.0 Å². The number of nitrogens with one attached hydrogen (secondary N) is 3. The molecule has 2 aliphatic heterocycles. The second kappa shape index (κ2) is 8.84. The highest BCUT2D eigenvalue weighted by atomic mass is 19.3. The molecule has 0 amide bonds. The van der Waals surface area contributed by atoms with E-state index in [9.17, 15) is 8.78 Å². The number of halogens is 2. The molecule has 0 spiro atoms. The molecule has 10 heteroatoms. The summed E-state index contributed by atoms with van der Waals surface area (Å²) in [7, 11) is 0. The number of anilines is 2. The summed E-state index contributed by atoms with van der Waals surface area (Å²) in [6.45, 7) is 0.641. The lowest BCUT2D eigenvalue weighted by atomic mass is 10.0. The summed E-state index contributed by atoms with van der Waals surface area (Å²) in [6, 6.07) is 13.9. The van der Waals surface area contributed by atoms with E-state index in [0.717, 1.165) is 55.9 Å². The van der Waals surface area contributed by atoms with Crippen LogP contribution in [0.4, 0.5) is 20.2 Å². The third-order valence-corrected chi connectivity index (χ3v) is 7.13. The van der Waals surface area contributed by atoms with Gasteiger partial charge in [0, 0.05) is 60.8 Å². The van der Waals surface area contributed by atoms with Crippen LogP contribution in [0.5, 0.6) is 0 Å². The highest BCUT2D eigenvalue weighted by molar-refractivity contribution is 5.91. The number of aromatic amines is 1. The van der Waals surface area contributed by atoms with Crippen LogP contribution in [0.1, 0.15) is 23.8 Å². The van der Waals surface area contributed by atoms with Crippen molar-refractivity contribution in [3.63, 3.8) is 0 Å². The fraction of sp³-hybridized carbons (Fsp3) is 0.214. The van der Waals surface area contributed by atoms with Crippen molar-refractivity contribution in [2.24, 2.45) is 0 Å². The topological polar surface area (TPSA) is 94.7 Å². The van der Waals surface area contributed by atoms with Gasteiger partial charge < -0.3 is 10.6 Å². The number of hydrogen-bond acceptors (Lipinski definition) is 7. The van der Waals surface area contributed by atoms with Gasteiger partial charge in [0.25, 0.3) is 5.92 Å². The van der Waals surface area contributed by atoms with Crippen LogP contribution >= 0.6 is 0 Å². The van der Waals surface area contributed by atoms with Crippen LogP contribution in [0.3, 0.4) is 0 Å². The highest BCUT2D eigenvalue weighted by Crippen LogP contribution is 2.42. The standard InChI is InChI=1S/C28H24F2N8/c29-28(30)6-8-38(16-28)15-17-9-19(12-31-11-17)18-4-5-23-20(10-18)26(37-36-23)27-34-24-14-32-13-21(25(24)35-27)22-3-1-2-7-33-22/h1-5,7,9-14,27,34-35H,6,8,15-16H2,(H,36,37). The molecule has 1 unspecified atom stereocenters. The Morgan fingerprint density at radius 1 is 0.974 bits per heavy atom. The normalized spacial score (nSPS) is 18.3. The molecule has 190 valence electrons. The zero-order valence-electron chi connectivity index (χ0n) is 20.3. The van der Waals surface area contributed by atoms with Gasteiger partial charge in [-0.05, 0) is 41.5 Å². The molecule has 0 bridgehead atoms. The van der Waals surface area contributed by atoms with Gasteiger partial charge in [0.1, 0.15) is 6.17 Å². The number of pyridine rings is 3. The van der Waals surface area contributed by atoms with E-state index >= 15 is 0 Å². The van der Waals surface area contributed by atoms with Crippen molar-refractivity contribution >= 4 is 22.3 Å². The number of rotatable bonds is 5. The number of nitrogens with zero attached hydrogens (tertiary/aromatic N) is 5. The average molecular weight is 511 g/mol. The molecule has 4 aromatic heterocycles. The number of aromatic nitrogens is 5. The van der Waals surface area contributed by atoms with E-state index in [2.05, 4.69) is 41.8 Å². The second-order valence-electron chi connectivity index (χ2n) is 9.81. The molecule has 3 N–H and O–H groups in total. The van der Waals surface area contributed by atoms with E-state index in [-0.39, 0.29) is 19.1 Å². The van der Waals surface area contributed by atoms with E-state index < -0.39 is 5.92 Å². The number of hydrogen-bond donors (Lipinski definition) is 3. The predicted molar refractivity (Wildman–Crippen MR) is 142 cm³/mol. The van der Waals surface area contributed by atoms with Gasteiger partial charge in [-0.25, -0.2) is 8.78 Å². The Labute approximate surface area is 217 Å². The third-order valence-electron chi connectivity index (χ3n) is 7.13. The number of alkyl halides is 2. The first-order valence-electron chi connectivity index (χ1n) is 12.5. The van der Waals surface area contributed by atoms with Crippen molar-refractivity contribution < 1.29 is 8.78 Å². The molecule has 1 atom stereocenters. The van der Waals surface area contributed by atoms with Crippen molar-refractivity contribution in [2.75, 3.05) is 23.7 Å². The summed E-state index contributed by atoms with van der Waals surface area (Å²) >= 11 is 0. The zero-order chi connectivity index (χ0) is 25.7. The molecule has 38 heavy (non-hydrogen) atoms. The van der Waals surface area contributed by atoms with E-state index in [1.165, 1.54) is 0 Å². The van der Waals surface area contributed by atoms with Gasteiger partial charge in [0.05, 0.1) is 41.0 Å². The van der Waals surface area contributed by atoms with Crippen LogP contribution in [0.15, 0.2) is 73.4 Å². The monoisotopic (exact) mass is 510 g/mol. The fourth-order valence-corrected chi connectivity index (χ4v) is 5.28. The predicted octanol–water partition coefficient (Wildman–Crippen LogP) is 5.46. The highest BCUT2D eigenvalue weighted by Gasteiger charge is 2.38. The minimum absolute atomic E-state index is 0.0907. The Morgan fingerprint density at radius 2 is 1.89 bits per heavy atom. The Kier molecular flexibility index (Phi) is 5.29. The smallest absolute Gasteiger partial charge is 0.261 e. The molecule has 1 fully saturated rings. The van der Waals surface area contributed by atoms with Crippen LogP contribution in [-0.4, -0.2) is 49.1 Å². The molecule has 0 saturated carbocycles. The zero-order valence-corrected chi connectivity index (χ0v) is 20.3. The number of fused-ring (bicyclic) bond motifs is 2. The Bertz CT molecular complexity index is 1640. The van der Waals surface area contributed by atoms with Crippen molar-refractivity contribution in [3.8, 4) is 22.4 Å². The van der Waals surface area contributed by atoms with Gasteiger partial charge in [0.2, 0.25) is 0 Å². The van der Waals surface area contributed by atoms with E-state index in [1.54, 1.807) is 29.7 Å². The van der Waals surface area contributed by atoms with Crippen LogP contribution in [0, 0.1) is 0 Å². The molecule has 1 saturated heterocycles. The Balaban J connectivity index is 1.18. The van der Waals surface area contributed by atoms with Crippen molar-refractivity contribution in [1.82, 2.24) is 30.0 Å². The molecule has 2 aliphatic rings. The summed E-state index contributed by atoms with van der Waals surface area (Å²) in [5, 5.41) is 15.7. The summed E-state index contributed by atoms with van der Waals surface area (Å²) in [4.78, 5) is 15.1. The first-order chi connectivity index (χ1) is 18.5. The maximum Gasteiger partial charge on any atom is 0.261 e. The molecular weight excluding hydrogens is 486 g/mol. The van der Waals surface area contributed by atoms with Gasteiger partial charge in [-0.2, -0.15) is 5.10 Å². The lowest BCUT2D eigenvalue weighted by Crippen LogP contribution is -2.24. The molecule has 0 radical (unpaired) electrons. The largest absolute Gasteiger partial charge is 0.358 e. The average Bonchev–Trinajstić information content (AvgIpc) is 3.64. The van der Waals surface area contributed by atoms with Crippen molar-refractivity contribution in [2.45, 2.75) is 25.1 Å². The number of benzene rings is 1. The minimum atomic E-state index is -2.61. The summed E-state index contributed by atoms with van der Waals surface area (Å²) in [5.74, 6) is -2.61. The lowest BCUT2D eigenvalue weighted by molar-refractivity contribution is 0.0115. The summed E-state index contributed by atoms with van der Waals surface area (Å²) in [6.07, 6.45) is 8.60. The minimum Gasteiger partial charge on any atom is -0.358 e. The van der Waals surface area contributed by atoms with Gasteiger partial charge in [0.15, 0.2) is 0 Å². The lowest BCUT2D eigenvalue weighted by Gasteiger charge is -2.16. The van der Waals surface area contributed by atoms with Crippen LogP contribution in [-0.2, 0) is 6.54 Å². The van der Waals surface area contributed by atoms with E-state index in [0.29, 0.717) is 13.1 Å². The Morgan fingerprint density at radius 3 is 2.74 bits per heavy atom. The van der Waals surface area contributed by atoms with E-state index in [1.807, 2.05) is 42.6 Å². The molecule has 0 aliphatic carbocycles. The van der Waals surface area contributed by atoms with Crippen LogP contribution in [0.2, 0.25) is 0 Å². The molecule has 7 rings (SSSR count). The molecule has 8 nitrogen and oxygen atoms in total. The van der Waals surface area contributed by atoms with E-state index in [4.69, 9.17) is 0 Å². The maximum absolute atomic E-state index is 13.6. The van der Waals surface area contributed by atoms with Gasteiger partial charge in [-0.15, -0.1) is 0 Å². The van der Waals surface area contributed by atoms with Gasteiger partial charge >= 0.3 is 0 Å². The first-order valence-corrected chi connectivity index (χ1v) is 12.5. The Hall–Kier alpha value is -4.44. The summed E-state index contributed by atoms with van der Waals surface area (Å²) in [5.41, 5.74) is 8.15. The molecule has 5 aromatic rings. The second-order valence-corrected chi connectivity index (χ2v) is 9.81. The van der Waals surface area contributed by atoms with Crippen LogP contribution < -0.4 is 10.6 Å². The van der Waals surface area contributed by atoms with Gasteiger partial charge in [-0.1, -0.05) is 12.1 Å². The number of H-pyrrole nitrogens is 1.